The van der Waals surface area contributed by atoms with E-state index in [0.717, 1.165) is 31.3 Å². The number of carbonyl (C=O) groups excluding carboxylic acids is 1. The van der Waals surface area contributed by atoms with Crippen molar-refractivity contribution < 1.29 is 4.79 Å². The molecule has 0 saturated carbocycles. The number of aryl methyl sites for hydroxylation is 1. The molecule has 0 radical (unpaired) electrons. The monoisotopic (exact) mass is 337 g/mol. The Kier molecular flexibility index (Phi) is 4.70. The summed E-state index contributed by atoms with van der Waals surface area (Å²) in [5.41, 5.74) is 0. The number of hydrogen-bond donors (Lipinski definition) is 1. The molecular weight excluding hydrogens is 318 g/mol. The molecule has 0 bridgehead atoms. The summed E-state index contributed by atoms with van der Waals surface area (Å²) in [7, 11) is 0. The number of piperazine rings is 1. The van der Waals surface area contributed by atoms with E-state index in [-0.39, 0.29) is 11.9 Å². The summed E-state index contributed by atoms with van der Waals surface area (Å²) >= 11 is 3.16. The third kappa shape index (κ3) is 3.45. The first-order valence-electron chi connectivity index (χ1n) is 7.25. The van der Waals surface area contributed by atoms with Crippen molar-refractivity contribution in [3.05, 3.63) is 22.7 Å². The Morgan fingerprint density at radius 2 is 2.09 bits per heavy atom. The van der Waals surface area contributed by atoms with Gasteiger partial charge in [0.2, 0.25) is 5.91 Å². The van der Waals surface area contributed by atoms with Gasteiger partial charge in [-0.3, -0.25) is 9.69 Å². The summed E-state index contributed by atoms with van der Waals surface area (Å²) in [6.07, 6.45) is 3.61. The third-order valence-electron chi connectivity index (χ3n) is 3.78. The van der Waals surface area contributed by atoms with Crippen molar-refractivity contribution in [2.24, 2.45) is 0 Å². The maximum Gasteiger partial charge on any atom is 0.243 e. The van der Waals surface area contributed by atoms with Crippen molar-refractivity contribution in [3.63, 3.8) is 0 Å². The second-order valence-corrected chi connectivity index (χ2v) is 7.39. The Balaban J connectivity index is 1.53. The van der Waals surface area contributed by atoms with E-state index in [1.165, 1.54) is 16.2 Å². The Morgan fingerprint density at radius 3 is 2.68 bits per heavy atom. The Labute approximate surface area is 137 Å². The van der Waals surface area contributed by atoms with Gasteiger partial charge in [0.25, 0.3) is 0 Å². The predicted molar refractivity (Wildman–Crippen MR) is 90.8 cm³/mol. The van der Waals surface area contributed by atoms with E-state index in [4.69, 9.17) is 0 Å². The number of thiazole rings is 2. The van der Waals surface area contributed by atoms with Gasteiger partial charge in [0.05, 0.1) is 6.04 Å². The van der Waals surface area contributed by atoms with Gasteiger partial charge in [0.15, 0.2) is 10.3 Å². The normalized spacial score (nSPS) is 17.5. The van der Waals surface area contributed by atoms with Crippen LogP contribution in [0.5, 0.6) is 0 Å². The second-order valence-electron chi connectivity index (χ2n) is 5.28. The van der Waals surface area contributed by atoms with Crippen molar-refractivity contribution >= 4 is 38.8 Å². The molecule has 1 aliphatic heterocycles. The van der Waals surface area contributed by atoms with Crippen molar-refractivity contribution in [2.75, 3.05) is 36.4 Å². The number of rotatable bonds is 4. The molecule has 1 fully saturated rings. The Hall–Kier alpha value is -1.51. The minimum Gasteiger partial charge on any atom is -0.346 e. The molecule has 3 heterocycles. The van der Waals surface area contributed by atoms with Crippen molar-refractivity contribution in [3.8, 4) is 0 Å². The highest BCUT2D eigenvalue weighted by molar-refractivity contribution is 7.15. The van der Waals surface area contributed by atoms with Crippen LogP contribution >= 0.6 is 22.7 Å². The van der Waals surface area contributed by atoms with Crippen molar-refractivity contribution in [2.45, 2.75) is 19.9 Å². The maximum atomic E-state index is 12.3. The van der Waals surface area contributed by atoms with E-state index in [9.17, 15) is 4.79 Å². The topological polar surface area (TPSA) is 61.4 Å². The summed E-state index contributed by atoms with van der Waals surface area (Å²) < 4.78 is 0. The standard InChI is InChI=1S/C14H19N5OS2/c1-10-9-16-14(22-10)19-6-4-18(5-7-19)11(2)12(20)17-13-15-3-8-21-13/h3,8-9,11H,4-7H2,1-2H3,(H,15,17,20)/t11-/m0/s1. The van der Waals surface area contributed by atoms with Gasteiger partial charge in [-0.05, 0) is 13.8 Å². The van der Waals surface area contributed by atoms with Crippen LogP contribution in [0.3, 0.4) is 0 Å². The van der Waals surface area contributed by atoms with Crippen LogP contribution in [0.1, 0.15) is 11.8 Å². The van der Waals surface area contributed by atoms with Crippen LogP contribution < -0.4 is 10.2 Å². The fraction of sp³-hybridized carbons (Fsp3) is 0.500. The lowest BCUT2D eigenvalue weighted by molar-refractivity contribution is -0.120. The predicted octanol–water partition coefficient (Wildman–Crippen LogP) is 2.06. The largest absolute Gasteiger partial charge is 0.346 e. The first kappa shape index (κ1) is 15.4. The van der Waals surface area contributed by atoms with Gasteiger partial charge in [-0.15, -0.1) is 22.7 Å². The first-order chi connectivity index (χ1) is 10.6. The minimum absolute atomic E-state index is 0.00786. The van der Waals surface area contributed by atoms with E-state index in [0.29, 0.717) is 5.13 Å². The van der Waals surface area contributed by atoms with E-state index in [2.05, 4.69) is 32.0 Å². The van der Waals surface area contributed by atoms with Gasteiger partial charge in [-0.2, -0.15) is 0 Å². The highest BCUT2D eigenvalue weighted by Gasteiger charge is 2.26. The molecule has 6 nitrogen and oxygen atoms in total. The zero-order valence-electron chi connectivity index (χ0n) is 12.7. The molecule has 2 aromatic rings. The summed E-state index contributed by atoms with van der Waals surface area (Å²) in [4.78, 5) is 26.5. The van der Waals surface area contributed by atoms with E-state index in [1.807, 2.05) is 18.5 Å². The second kappa shape index (κ2) is 6.72. The fourth-order valence-corrected chi connectivity index (χ4v) is 3.79. The molecule has 118 valence electrons. The molecule has 0 spiro atoms. The molecule has 1 amide bonds. The minimum atomic E-state index is -0.149. The Bertz CT molecular complexity index is 619. The van der Waals surface area contributed by atoms with E-state index < -0.39 is 0 Å². The number of aromatic nitrogens is 2. The Morgan fingerprint density at radius 1 is 1.32 bits per heavy atom. The number of amides is 1. The van der Waals surface area contributed by atoms with Gasteiger partial charge in [0.1, 0.15) is 0 Å². The lowest BCUT2D eigenvalue weighted by Crippen LogP contribution is -2.52. The van der Waals surface area contributed by atoms with Crippen LogP contribution in [0.2, 0.25) is 0 Å². The van der Waals surface area contributed by atoms with Crippen LogP contribution in [-0.4, -0.2) is 53.0 Å². The summed E-state index contributed by atoms with van der Waals surface area (Å²) in [6, 6.07) is -0.149. The molecule has 0 aromatic carbocycles. The highest BCUT2D eigenvalue weighted by atomic mass is 32.1. The number of carbonyl (C=O) groups is 1. The maximum absolute atomic E-state index is 12.3. The molecule has 22 heavy (non-hydrogen) atoms. The summed E-state index contributed by atoms with van der Waals surface area (Å²) in [5, 5.41) is 6.47. The van der Waals surface area contributed by atoms with Gasteiger partial charge in [-0.1, -0.05) is 0 Å². The lowest BCUT2D eigenvalue weighted by atomic mass is 10.2. The zero-order chi connectivity index (χ0) is 15.5. The molecule has 1 saturated heterocycles. The van der Waals surface area contributed by atoms with Crippen LogP contribution in [0.15, 0.2) is 17.8 Å². The number of hydrogen-bond acceptors (Lipinski definition) is 7. The summed E-state index contributed by atoms with van der Waals surface area (Å²) in [6.45, 7) is 7.56. The molecule has 0 aliphatic carbocycles. The zero-order valence-corrected chi connectivity index (χ0v) is 14.3. The molecule has 3 rings (SSSR count). The van der Waals surface area contributed by atoms with Crippen molar-refractivity contribution in [1.29, 1.82) is 0 Å². The fourth-order valence-electron chi connectivity index (χ4n) is 2.45. The molecule has 1 atom stereocenters. The van der Waals surface area contributed by atoms with Gasteiger partial charge in [-0.25, -0.2) is 9.97 Å². The highest BCUT2D eigenvalue weighted by Crippen LogP contribution is 2.23. The van der Waals surface area contributed by atoms with Crippen LogP contribution in [0.25, 0.3) is 0 Å². The molecule has 8 heteroatoms. The first-order valence-corrected chi connectivity index (χ1v) is 8.95. The summed E-state index contributed by atoms with van der Waals surface area (Å²) in [5.74, 6) is 0.00786. The average Bonchev–Trinajstić information content (AvgIpc) is 3.18. The van der Waals surface area contributed by atoms with Gasteiger partial charge in [0, 0.05) is 48.8 Å². The lowest BCUT2D eigenvalue weighted by Gasteiger charge is -2.37. The van der Waals surface area contributed by atoms with Gasteiger partial charge >= 0.3 is 0 Å². The third-order valence-corrected chi connectivity index (χ3v) is 5.45. The van der Waals surface area contributed by atoms with E-state index >= 15 is 0 Å². The SMILES string of the molecule is Cc1cnc(N2CCN([C@@H](C)C(=O)Nc3nccs3)CC2)s1. The molecule has 0 unspecified atom stereocenters. The van der Waals surface area contributed by atoms with Crippen LogP contribution in [0.4, 0.5) is 10.3 Å². The molecule has 2 aromatic heterocycles. The average molecular weight is 337 g/mol. The number of nitrogens with one attached hydrogen (secondary N) is 1. The van der Waals surface area contributed by atoms with Crippen LogP contribution in [-0.2, 0) is 4.79 Å². The number of anilines is 2. The quantitative estimate of drug-likeness (QED) is 0.925. The van der Waals surface area contributed by atoms with Crippen molar-refractivity contribution in [1.82, 2.24) is 14.9 Å². The molecule has 1 aliphatic rings. The molecule has 1 N–H and O–H groups in total. The van der Waals surface area contributed by atoms with Gasteiger partial charge < -0.3 is 10.2 Å². The molecular formula is C14H19N5OS2. The van der Waals surface area contributed by atoms with E-state index in [1.54, 1.807) is 17.5 Å². The van der Waals surface area contributed by atoms with Crippen LogP contribution in [0, 0.1) is 6.92 Å². The number of nitrogens with zero attached hydrogens (tertiary/aromatic N) is 4. The smallest absolute Gasteiger partial charge is 0.243 e.